The third-order valence-electron chi connectivity index (χ3n) is 2.80. The summed E-state index contributed by atoms with van der Waals surface area (Å²) in [5.74, 6) is 0.792. The van der Waals surface area contributed by atoms with E-state index in [1.54, 1.807) is 12.1 Å². The summed E-state index contributed by atoms with van der Waals surface area (Å²) >= 11 is 0. The van der Waals surface area contributed by atoms with Crippen LogP contribution in [0.2, 0.25) is 0 Å². The average Bonchev–Trinajstić information content (AvgIpc) is 2.42. The van der Waals surface area contributed by atoms with Gasteiger partial charge >= 0.3 is 0 Å². The van der Waals surface area contributed by atoms with Gasteiger partial charge in [0.2, 0.25) is 0 Å². The van der Waals surface area contributed by atoms with Crippen LogP contribution >= 0.6 is 0 Å². The lowest BCUT2D eigenvalue weighted by molar-refractivity contribution is 0.305. The molecule has 2 aromatic carbocycles. The van der Waals surface area contributed by atoms with E-state index in [4.69, 9.17) is 4.74 Å². The molecule has 0 atom stereocenters. The third kappa shape index (κ3) is 4.13. The fourth-order valence-corrected chi connectivity index (χ4v) is 1.80. The van der Waals surface area contributed by atoms with Gasteiger partial charge in [-0.1, -0.05) is 30.3 Å². The molecule has 0 aliphatic carbocycles. The van der Waals surface area contributed by atoms with Crippen molar-refractivity contribution in [3.8, 4) is 11.5 Å². The first-order valence-corrected chi connectivity index (χ1v) is 6.28. The monoisotopic (exact) mass is 241 g/mol. The molecule has 0 amide bonds. The van der Waals surface area contributed by atoms with Crippen molar-refractivity contribution in [2.75, 3.05) is 6.61 Å². The van der Waals surface area contributed by atoms with Crippen molar-refractivity contribution in [3.63, 3.8) is 0 Å². The highest BCUT2D eigenvalue weighted by molar-refractivity contribution is 5.29. The molecule has 0 saturated heterocycles. The zero-order valence-corrected chi connectivity index (χ0v) is 10.3. The summed E-state index contributed by atoms with van der Waals surface area (Å²) in [7, 11) is 0. The Balaban J connectivity index is 1.63. The standard InChI is InChI=1S/C16H17O2/c17-15-9-11-16(12-10-15)18-13-5-4-8-14-6-2-1-3-7-14/h1-3,6-7,9-12H,4-5,8,13H2. The Hall–Kier alpha value is -1.96. The zero-order valence-electron chi connectivity index (χ0n) is 10.3. The summed E-state index contributed by atoms with van der Waals surface area (Å²) in [5.41, 5.74) is 1.37. The second-order valence-corrected chi connectivity index (χ2v) is 4.26. The largest absolute Gasteiger partial charge is 0.494 e. The summed E-state index contributed by atoms with van der Waals surface area (Å²) in [5, 5.41) is 10.9. The number of rotatable bonds is 6. The molecule has 0 unspecified atom stereocenters. The van der Waals surface area contributed by atoms with E-state index in [9.17, 15) is 5.11 Å². The minimum Gasteiger partial charge on any atom is -0.494 e. The Kier molecular flexibility index (Phi) is 4.65. The molecule has 18 heavy (non-hydrogen) atoms. The first-order chi connectivity index (χ1) is 8.84. The van der Waals surface area contributed by atoms with Gasteiger partial charge in [-0.3, -0.25) is 5.11 Å². The molecule has 0 aliphatic heterocycles. The lowest BCUT2D eigenvalue weighted by Gasteiger charge is -2.05. The van der Waals surface area contributed by atoms with Gasteiger partial charge in [-0.2, -0.15) is 0 Å². The highest BCUT2D eigenvalue weighted by Gasteiger charge is 1.96. The number of unbranched alkanes of at least 4 members (excludes halogenated alkanes) is 1. The topological polar surface area (TPSA) is 29.1 Å². The molecule has 0 bridgehead atoms. The van der Waals surface area contributed by atoms with Crippen molar-refractivity contribution in [1.82, 2.24) is 0 Å². The second kappa shape index (κ2) is 6.70. The van der Waals surface area contributed by atoms with Crippen LogP contribution in [0.4, 0.5) is 0 Å². The molecular weight excluding hydrogens is 224 g/mol. The van der Waals surface area contributed by atoms with Crippen LogP contribution in [-0.4, -0.2) is 6.61 Å². The van der Waals surface area contributed by atoms with Crippen LogP contribution in [0.25, 0.3) is 0 Å². The molecule has 0 heterocycles. The summed E-state index contributed by atoms with van der Waals surface area (Å²) in [6.45, 7) is 0.699. The highest BCUT2D eigenvalue weighted by Crippen LogP contribution is 2.16. The molecule has 0 fully saturated rings. The third-order valence-corrected chi connectivity index (χ3v) is 2.80. The van der Waals surface area contributed by atoms with E-state index >= 15 is 0 Å². The second-order valence-electron chi connectivity index (χ2n) is 4.26. The minimum atomic E-state index is 0.0198. The van der Waals surface area contributed by atoms with Gasteiger partial charge in [-0.15, -0.1) is 0 Å². The van der Waals surface area contributed by atoms with Gasteiger partial charge in [0.05, 0.1) is 6.61 Å². The Bertz CT molecular complexity index is 448. The molecule has 1 radical (unpaired) electrons. The van der Waals surface area contributed by atoms with Gasteiger partial charge in [-0.05, 0) is 49.1 Å². The fraction of sp³-hybridized carbons (Fsp3) is 0.250. The predicted octanol–water partition coefficient (Wildman–Crippen LogP) is 4.23. The van der Waals surface area contributed by atoms with Crippen molar-refractivity contribution in [2.45, 2.75) is 19.3 Å². The van der Waals surface area contributed by atoms with Gasteiger partial charge in [0.1, 0.15) is 5.75 Å². The molecule has 0 aliphatic rings. The number of aryl methyl sites for hydroxylation is 1. The number of hydrogen-bond donors (Lipinski definition) is 0. The molecule has 0 saturated carbocycles. The van der Waals surface area contributed by atoms with E-state index in [0.717, 1.165) is 25.0 Å². The summed E-state index contributed by atoms with van der Waals surface area (Å²) < 4.78 is 5.56. The van der Waals surface area contributed by atoms with Crippen LogP contribution < -0.4 is 4.74 Å². The summed E-state index contributed by atoms with van der Waals surface area (Å²) in [6, 6.07) is 17.0. The summed E-state index contributed by atoms with van der Waals surface area (Å²) in [6.07, 6.45) is 3.22. The lowest BCUT2D eigenvalue weighted by atomic mass is 10.1. The number of hydrogen-bond acceptors (Lipinski definition) is 1. The van der Waals surface area contributed by atoms with Crippen LogP contribution in [0.15, 0.2) is 54.6 Å². The molecule has 2 aromatic rings. The van der Waals surface area contributed by atoms with Crippen molar-refractivity contribution in [1.29, 1.82) is 0 Å². The van der Waals surface area contributed by atoms with E-state index < -0.39 is 0 Å². The predicted molar refractivity (Wildman–Crippen MR) is 71.4 cm³/mol. The van der Waals surface area contributed by atoms with E-state index in [0.29, 0.717) is 6.61 Å². The highest BCUT2D eigenvalue weighted by atomic mass is 16.5. The first-order valence-electron chi connectivity index (χ1n) is 6.28. The molecule has 93 valence electrons. The van der Waals surface area contributed by atoms with Gasteiger partial charge in [0.25, 0.3) is 0 Å². The Labute approximate surface area is 108 Å². The first kappa shape index (κ1) is 12.5. The van der Waals surface area contributed by atoms with Gasteiger partial charge < -0.3 is 4.74 Å². The zero-order chi connectivity index (χ0) is 12.6. The van der Waals surface area contributed by atoms with Crippen molar-refractivity contribution >= 4 is 0 Å². The smallest absolute Gasteiger partial charge is 0.178 e. The molecule has 0 spiro atoms. The van der Waals surface area contributed by atoms with Gasteiger partial charge in [0.15, 0.2) is 5.75 Å². The molecule has 0 N–H and O–H groups in total. The van der Waals surface area contributed by atoms with E-state index in [1.807, 2.05) is 6.07 Å². The quantitative estimate of drug-likeness (QED) is 0.696. The fourth-order valence-electron chi connectivity index (χ4n) is 1.80. The number of benzene rings is 2. The van der Waals surface area contributed by atoms with Crippen molar-refractivity contribution in [2.24, 2.45) is 0 Å². The van der Waals surface area contributed by atoms with Crippen molar-refractivity contribution < 1.29 is 9.84 Å². The average molecular weight is 241 g/mol. The molecular formula is C16H17O2. The van der Waals surface area contributed by atoms with Gasteiger partial charge in [-0.25, -0.2) is 0 Å². The number of ether oxygens (including phenoxy) is 1. The minimum absolute atomic E-state index is 0.0198. The molecule has 0 aromatic heterocycles. The lowest BCUT2D eigenvalue weighted by Crippen LogP contribution is -1.98. The van der Waals surface area contributed by atoms with Gasteiger partial charge in [0, 0.05) is 0 Å². The van der Waals surface area contributed by atoms with Crippen LogP contribution in [0, 0.1) is 0 Å². The van der Waals surface area contributed by atoms with Crippen LogP contribution in [-0.2, 0) is 11.5 Å². The van der Waals surface area contributed by atoms with E-state index in [-0.39, 0.29) is 5.75 Å². The SMILES string of the molecule is [O]c1ccc(OCCCCc2ccccc2)cc1. The van der Waals surface area contributed by atoms with Crippen LogP contribution in [0.3, 0.4) is 0 Å². The summed E-state index contributed by atoms with van der Waals surface area (Å²) in [4.78, 5) is 0. The normalized spacial score (nSPS) is 10.2. The van der Waals surface area contributed by atoms with E-state index in [2.05, 4.69) is 24.3 Å². The Morgan fingerprint density at radius 2 is 1.56 bits per heavy atom. The van der Waals surface area contributed by atoms with Crippen LogP contribution in [0.1, 0.15) is 18.4 Å². The Morgan fingerprint density at radius 3 is 2.28 bits per heavy atom. The maximum Gasteiger partial charge on any atom is 0.178 e. The maximum absolute atomic E-state index is 10.9. The molecule has 2 rings (SSSR count). The van der Waals surface area contributed by atoms with E-state index in [1.165, 1.54) is 17.7 Å². The van der Waals surface area contributed by atoms with Crippen molar-refractivity contribution in [3.05, 3.63) is 60.2 Å². The van der Waals surface area contributed by atoms with Crippen LogP contribution in [0.5, 0.6) is 11.5 Å². The Morgan fingerprint density at radius 1 is 0.833 bits per heavy atom. The maximum atomic E-state index is 10.9. The molecule has 2 nitrogen and oxygen atoms in total. The molecule has 2 heteroatoms.